The Morgan fingerprint density at radius 3 is 2.53 bits per heavy atom. The van der Waals surface area contributed by atoms with Gasteiger partial charge in [-0.3, -0.25) is 13.8 Å². The second-order valence-electron chi connectivity index (χ2n) is 7.30. The number of hydrogen-bond acceptors (Lipinski definition) is 4. The molecule has 4 rings (SSSR count). The maximum atomic E-state index is 13.5. The summed E-state index contributed by atoms with van der Waals surface area (Å²) in [5.41, 5.74) is 2.90. The first-order valence-electron chi connectivity index (χ1n) is 9.88. The van der Waals surface area contributed by atoms with Crippen molar-refractivity contribution in [1.29, 1.82) is 0 Å². The fraction of sp³-hybridized carbons (Fsp3) is 0.273. The Morgan fingerprint density at radius 2 is 1.87 bits per heavy atom. The lowest BCUT2D eigenvalue weighted by molar-refractivity contribution is 0.0749. The SMILES string of the molecule is CCN1CCc2cc(N(Cc3ccccc3)S(=O)(=O)c3ccn(C)n3)ccc2C1=O. The maximum Gasteiger partial charge on any atom is 0.283 e. The second kappa shape index (κ2) is 7.95. The lowest BCUT2D eigenvalue weighted by Gasteiger charge is -2.29. The van der Waals surface area contributed by atoms with E-state index in [2.05, 4.69) is 5.10 Å². The first-order chi connectivity index (χ1) is 14.4. The van der Waals surface area contributed by atoms with Crippen LogP contribution in [0.5, 0.6) is 0 Å². The van der Waals surface area contributed by atoms with Gasteiger partial charge in [-0.15, -0.1) is 0 Å². The van der Waals surface area contributed by atoms with Crippen LogP contribution in [0, 0.1) is 0 Å². The van der Waals surface area contributed by atoms with Gasteiger partial charge in [-0.05, 0) is 48.7 Å². The number of aryl methyl sites for hydroxylation is 1. The molecule has 1 aromatic heterocycles. The van der Waals surface area contributed by atoms with Gasteiger partial charge in [0.1, 0.15) is 0 Å². The molecule has 0 N–H and O–H groups in total. The molecule has 0 spiro atoms. The van der Waals surface area contributed by atoms with Crippen LogP contribution in [0.2, 0.25) is 0 Å². The number of fused-ring (bicyclic) bond motifs is 1. The fourth-order valence-electron chi connectivity index (χ4n) is 3.69. The predicted octanol–water partition coefficient (Wildman–Crippen LogP) is 2.83. The smallest absolute Gasteiger partial charge is 0.283 e. The van der Waals surface area contributed by atoms with Crippen LogP contribution < -0.4 is 4.31 Å². The van der Waals surface area contributed by atoms with Crippen molar-refractivity contribution >= 4 is 21.6 Å². The van der Waals surface area contributed by atoms with Gasteiger partial charge in [0.05, 0.1) is 12.2 Å². The molecule has 2 heterocycles. The van der Waals surface area contributed by atoms with Gasteiger partial charge in [0, 0.05) is 31.9 Å². The molecule has 7 nitrogen and oxygen atoms in total. The number of amides is 1. The molecule has 156 valence electrons. The molecule has 0 fully saturated rings. The number of carbonyl (C=O) groups excluding carboxylic acids is 1. The summed E-state index contributed by atoms with van der Waals surface area (Å²) in [7, 11) is -2.20. The van der Waals surface area contributed by atoms with Gasteiger partial charge in [-0.1, -0.05) is 30.3 Å². The highest BCUT2D eigenvalue weighted by molar-refractivity contribution is 7.92. The van der Waals surface area contributed by atoms with Gasteiger partial charge >= 0.3 is 0 Å². The van der Waals surface area contributed by atoms with E-state index in [1.165, 1.54) is 15.1 Å². The summed E-state index contributed by atoms with van der Waals surface area (Å²) >= 11 is 0. The minimum atomic E-state index is -3.88. The van der Waals surface area contributed by atoms with Crippen LogP contribution in [0.25, 0.3) is 0 Å². The minimum Gasteiger partial charge on any atom is -0.339 e. The van der Waals surface area contributed by atoms with Crippen molar-refractivity contribution in [2.24, 2.45) is 7.05 Å². The van der Waals surface area contributed by atoms with E-state index < -0.39 is 10.0 Å². The van der Waals surface area contributed by atoms with E-state index in [9.17, 15) is 13.2 Å². The largest absolute Gasteiger partial charge is 0.339 e. The Bertz CT molecular complexity index is 1170. The average molecular weight is 425 g/mol. The van der Waals surface area contributed by atoms with Crippen molar-refractivity contribution in [2.45, 2.75) is 24.9 Å². The molecule has 1 aliphatic heterocycles. The summed E-state index contributed by atoms with van der Waals surface area (Å²) in [4.78, 5) is 14.4. The summed E-state index contributed by atoms with van der Waals surface area (Å²) in [5.74, 6) is -0.00695. The third-order valence-electron chi connectivity index (χ3n) is 5.34. The monoisotopic (exact) mass is 424 g/mol. The Kier molecular flexibility index (Phi) is 5.34. The summed E-state index contributed by atoms with van der Waals surface area (Å²) < 4.78 is 29.7. The standard InChI is InChI=1S/C22H24N4O3S/c1-3-25-14-11-18-15-19(9-10-20(18)22(25)27)26(16-17-7-5-4-6-8-17)30(28,29)21-12-13-24(2)23-21/h4-10,12-13,15H,3,11,14,16H2,1-2H3. The first-order valence-corrected chi connectivity index (χ1v) is 11.3. The number of rotatable bonds is 6. The van der Waals surface area contributed by atoms with Crippen LogP contribution >= 0.6 is 0 Å². The van der Waals surface area contributed by atoms with Crippen LogP contribution in [0.4, 0.5) is 5.69 Å². The third-order valence-corrected chi connectivity index (χ3v) is 7.01. The Morgan fingerprint density at radius 1 is 1.10 bits per heavy atom. The number of sulfonamides is 1. The highest BCUT2D eigenvalue weighted by Crippen LogP contribution is 2.29. The zero-order valence-corrected chi connectivity index (χ0v) is 17.8. The quantitative estimate of drug-likeness (QED) is 0.610. The van der Waals surface area contributed by atoms with E-state index in [1.54, 1.807) is 30.3 Å². The zero-order chi connectivity index (χ0) is 21.3. The number of hydrogen-bond donors (Lipinski definition) is 0. The van der Waals surface area contributed by atoms with Gasteiger partial charge in [-0.2, -0.15) is 13.5 Å². The number of aromatic nitrogens is 2. The number of nitrogens with zero attached hydrogens (tertiary/aromatic N) is 4. The van der Waals surface area contributed by atoms with Gasteiger partial charge < -0.3 is 4.90 Å². The van der Waals surface area contributed by atoms with Crippen LogP contribution in [0.15, 0.2) is 65.8 Å². The highest BCUT2D eigenvalue weighted by Gasteiger charge is 2.30. The molecule has 1 aliphatic rings. The molecule has 2 aromatic carbocycles. The van der Waals surface area contributed by atoms with Crippen LogP contribution in [-0.4, -0.2) is 42.1 Å². The van der Waals surface area contributed by atoms with Gasteiger partial charge in [0.15, 0.2) is 5.03 Å². The number of carbonyl (C=O) groups is 1. The Labute approximate surface area is 176 Å². The van der Waals surface area contributed by atoms with E-state index in [-0.39, 0.29) is 17.5 Å². The number of likely N-dealkylation sites (N-methyl/N-ethyl adjacent to an activating group) is 1. The topological polar surface area (TPSA) is 75.5 Å². The number of anilines is 1. The van der Waals surface area contributed by atoms with E-state index in [4.69, 9.17) is 0 Å². The molecule has 30 heavy (non-hydrogen) atoms. The molecule has 0 unspecified atom stereocenters. The summed E-state index contributed by atoms with van der Waals surface area (Å²) in [6.07, 6.45) is 2.31. The van der Waals surface area contributed by atoms with Crippen molar-refractivity contribution in [3.63, 3.8) is 0 Å². The Balaban J connectivity index is 1.78. The number of benzene rings is 2. The molecular weight excluding hydrogens is 400 g/mol. The van der Waals surface area contributed by atoms with Gasteiger partial charge in [-0.25, -0.2) is 0 Å². The molecular formula is C22H24N4O3S. The van der Waals surface area contributed by atoms with Crippen molar-refractivity contribution < 1.29 is 13.2 Å². The molecule has 0 aliphatic carbocycles. The summed E-state index contributed by atoms with van der Waals surface area (Å²) in [6, 6.07) is 16.2. The lowest BCUT2D eigenvalue weighted by Crippen LogP contribution is -2.37. The molecule has 1 amide bonds. The van der Waals surface area contributed by atoms with Crippen LogP contribution in [0.3, 0.4) is 0 Å². The lowest BCUT2D eigenvalue weighted by atomic mass is 9.98. The van der Waals surface area contributed by atoms with Crippen molar-refractivity contribution in [3.8, 4) is 0 Å². The van der Waals surface area contributed by atoms with Gasteiger partial charge in [0.2, 0.25) is 0 Å². The first kappa shape index (κ1) is 20.2. The van der Waals surface area contributed by atoms with Crippen LogP contribution in [-0.2, 0) is 30.0 Å². The van der Waals surface area contributed by atoms with Crippen LogP contribution in [0.1, 0.15) is 28.4 Å². The molecule has 8 heteroatoms. The van der Waals surface area contributed by atoms with E-state index >= 15 is 0 Å². The van der Waals surface area contributed by atoms with E-state index in [0.29, 0.717) is 30.8 Å². The summed E-state index contributed by atoms with van der Waals surface area (Å²) in [5, 5.41) is 4.11. The third kappa shape index (κ3) is 3.70. The zero-order valence-electron chi connectivity index (χ0n) is 17.0. The molecule has 0 bridgehead atoms. The normalized spacial score (nSPS) is 13.9. The molecule has 0 saturated heterocycles. The van der Waals surface area contributed by atoms with E-state index in [1.807, 2.05) is 43.3 Å². The van der Waals surface area contributed by atoms with Crippen molar-refractivity contribution in [3.05, 3.63) is 77.5 Å². The molecule has 3 aromatic rings. The second-order valence-corrected chi connectivity index (χ2v) is 9.11. The molecule has 0 atom stereocenters. The maximum absolute atomic E-state index is 13.5. The summed E-state index contributed by atoms with van der Waals surface area (Å²) in [6.45, 7) is 3.43. The minimum absolute atomic E-state index is 0.00695. The average Bonchev–Trinajstić information content (AvgIpc) is 3.20. The van der Waals surface area contributed by atoms with E-state index in [0.717, 1.165) is 11.1 Å². The highest BCUT2D eigenvalue weighted by atomic mass is 32.2. The van der Waals surface area contributed by atoms with Crippen molar-refractivity contribution in [2.75, 3.05) is 17.4 Å². The van der Waals surface area contributed by atoms with Gasteiger partial charge in [0.25, 0.3) is 15.9 Å². The molecule has 0 radical (unpaired) electrons. The Hall–Kier alpha value is -3.13. The predicted molar refractivity (Wildman–Crippen MR) is 115 cm³/mol. The molecule has 0 saturated carbocycles. The fourth-order valence-corrected chi connectivity index (χ4v) is 5.09. The van der Waals surface area contributed by atoms with Crippen molar-refractivity contribution in [1.82, 2.24) is 14.7 Å².